The average Bonchev–Trinajstić information content (AvgIpc) is 3.45. The number of H-pyrrole nitrogens is 1. The first-order chi connectivity index (χ1) is 16.0. The lowest BCUT2D eigenvalue weighted by Crippen LogP contribution is -2.27. The third-order valence-electron chi connectivity index (χ3n) is 5.97. The molecule has 3 aromatic heterocycles. The molecule has 0 aliphatic heterocycles. The van der Waals surface area contributed by atoms with Gasteiger partial charge in [-0.2, -0.15) is 5.21 Å². The highest BCUT2D eigenvalue weighted by molar-refractivity contribution is 6.30. The molecule has 0 aliphatic rings. The summed E-state index contributed by atoms with van der Waals surface area (Å²) >= 11 is 6.69. The van der Waals surface area contributed by atoms with Gasteiger partial charge in [0.2, 0.25) is 5.82 Å². The third-order valence-corrected chi connectivity index (χ3v) is 6.37. The standard InChI is InChI=1S/C24H28ClN7O/c1-4-6-11-21-22(25)32(16(3)5-2)24(33)31(21)15-17-12-13-20(26-14-17)18-9-7-8-10-19(18)23-27-29-30-28-23/h7-10,12-14,16H,4-6,11,15H2,1-3H3,(H,27,28,29,30). The van der Waals surface area contributed by atoms with Gasteiger partial charge in [0.05, 0.1) is 17.9 Å². The smallest absolute Gasteiger partial charge is 0.290 e. The number of nitrogens with zero attached hydrogens (tertiary/aromatic N) is 6. The zero-order chi connectivity index (χ0) is 23.4. The largest absolute Gasteiger partial charge is 0.330 e. The van der Waals surface area contributed by atoms with E-state index in [-0.39, 0.29) is 11.7 Å². The van der Waals surface area contributed by atoms with Crippen LogP contribution in [-0.4, -0.2) is 34.7 Å². The molecule has 1 atom stereocenters. The molecular formula is C24H28ClN7O. The van der Waals surface area contributed by atoms with Crippen molar-refractivity contribution < 1.29 is 0 Å². The predicted molar refractivity (Wildman–Crippen MR) is 129 cm³/mol. The van der Waals surface area contributed by atoms with Crippen LogP contribution in [0.15, 0.2) is 47.4 Å². The molecule has 172 valence electrons. The predicted octanol–water partition coefficient (Wildman–Crippen LogP) is 4.91. The summed E-state index contributed by atoms with van der Waals surface area (Å²) in [6.45, 7) is 6.65. The molecule has 4 aromatic rings. The molecule has 1 N–H and O–H groups in total. The Bertz CT molecular complexity index is 1260. The van der Waals surface area contributed by atoms with E-state index in [1.165, 1.54) is 0 Å². The van der Waals surface area contributed by atoms with Crippen LogP contribution in [0.25, 0.3) is 22.6 Å². The van der Waals surface area contributed by atoms with Crippen molar-refractivity contribution in [2.75, 3.05) is 0 Å². The maximum absolute atomic E-state index is 13.2. The summed E-state index contributed by atoms with van der Waals surface area (Å²) in [5.74, 6) is 0.518. The number of aromatic nitrogens is 7. The first-order valence-electron chi connectivity index (χ1n) is 11.3. The molecule has 0 saturated heterocycles. The normalized spacial score (nSPS) is 12.2. The molecule has 0 amide bonds. The van der Waals surface area contributed by atoms with E-state index in [1.54, 1.807) is 9.13 Å². The van der Waals surface area contributed by atoms with Crippen LogP contribution >= 0.6 is 11.6 Å². The maximum Gasteiger partial charge on any atom is 0.330 e. The van der Waals surface area contributed by atoms with E-state index in [4.69, 9.17) is 11.6 Å². The molecule has 33 heavy (non-hydrogen) atoms. The minimum absolute atomic E-state index is 0.0498. The Kier molecular flexibility index (Phi) is 7.03. The Balaban J connectivity index is 1.67. The van der Waals surface area contributed by atoms with Gasteiger partial charge in [-0.3, -0.25) is 14.1 Å². The van der Waals surface area contributed by atoms with Gasteiger partial charge in [0.15, 0.2) is 0 Å². The highest BCUT2D eigenvalue weighted by Gasteiger charge is 2.21. The lowest BCUT2D eigenvalue weighted by atomic mass is 10.0. The van der Waals surface area contributed by atoms with Crippen molar-refractivity contribution in [1.29, 1.82) is 0 Å². The summed E-state index contributed by atoms with van der Waals surface area (Å²) in [7, 11) is 0. The van der Waals surface area contributed by atoms with E-state index < -0.39 is 0 Å². The third kappa shape index (κ3) is 4.61. The minimum atomic E-state index is -0.0630. The zero-order valence-corrected chi connectivity index (χ0v) is 19.9. The summed E-state index contributed by atoms with van der Waals surface area (Å²) in [6, 6.07) is 11.8. The monoisotopic (exact) mass is 465 g/mol. The second-order valence-electron chi connectivity index (χ2n) is 8.17. The molecule has 0 fully saturated rings. The number of nitrogens with one attached hydrogen (secondary N) is 1. The van der Waals surface area contributed by atoms with Gasteiger partial charge >= 0.3 is 5.69 Å². The van der Waals surface area contributed by atoms with Crippen LogP contribution in [0.4, 0.5) is 0 Å². The Morgan fingerprint density at radius 1 is 1.12 bits per heavy atom. The van der Waals surface area contributed by atoms with Crippen molar-refractivity contribution in [2.45, 2.75) is 59.0 Å². The SMILES string of the molecule is CCCCc1c(Cl)n(C(C)CC)c(=O)n1Cc1ccc(-c2ccccc2-c2nn[nH]n2)nc1. The quantitative estimate of drug-likeness (QED) is 0.379. The number of pyridine rings is 1. The average molecular weight is 466 g/mol. The van der Waals surface area contributed by atoms with E-state index in [9.17, 15) is 4.79 Å². The number of aromatic amines is 1. The van der Waals surface area contributed by atoms with E-state index in [0.717, 1.165) is 53.8 Å². The number of benzene rings is 1. The topological polar surface area (TPSA) is 94.3 Å². The fourth-order valence-electron chi connectivity index (χ4n) is 3.93. The van der Waals surface area contributed by atoms with Gasteiger partial charge in [-0.1, -0.05) is 62.2 Å². The van der Waals surface area contributed by atoms with Gasteiger partial charge in [-0.15, -0.1) is 10.2 Å². The Morgan fingerprint density at radius 3 is 2.55 bits per heavy atom. The van der Waals surface area contributed by atoms with Gasteiger partial charge in [-0.25, -0.2) is 4.79 Å². The number of tetrazole rings is 1. The Hall–Kier alpha value is -3.26. The summed E-state index contributed by atoms with van der Waals surface area (Å²) in [4.78, 5) is 17.9. The second-order valence-corrected chi connectivity index (χ2v) is 8.53. The van der Waals surface area contributed by atoms with Crippen molar-refractivity contribution in [1.82, 2.24) is 34.7 Å². The summed E-state index contributed by atoms with van der Waals surface area (Å²) in [5, 5.41) is 14.9. The first-order valence-corrected chi connectivity index (χ1v) is 11.7. The van der Waals surface area contributed by atoms with E-state index in [2.05, 4.69) is 39.5 Å². The van der Waals surface area contributed by atoms with Crippen molar-refractivity contribution in [3.8, 4) is 22.6 Å². The van der Waals surface area contributed by atoms with Gasteiger partial charge in [0.25, 0.3) is 0 Å². The van der Waals surface area contributed by atoms with E-state index in [0.29, 0.717) is 17.5 Å². The number of unbranched alkanes of at least 4 members (excludes halogenated alkanes) is 1. The van der Waals surface area contributed by atoms with Crippen molar-refractivity contribution in [2.24, 2.45) is 0 Å². The van der Waals surface area contributed by atoms with Crippen LogP contribution in [0.3, 0.4) is 0 Å². The number of rotatable bonds is 9. The molecule has 1 aromatic carbocycles. The number of imidazole rings is 1. The molecule has 0 bridgehead atoms. The molecular weight excluding hydrogens is 438 g/mol. The molecule has 3 heterocycles. The lowest BCUT2D eigenvalue weighted by Gasteiger charge is -2.10. The molecule has 9 heteroatoms. The van der Waals surface area contributed by atoms with Crippen LogP contribution in [0, 0.1) is 0 Å². The number of hydrogen-bond acceptors (Lipinski definition) is 5. The Morgan fingerprint density at radius 2 is 1.91 bits per heavy atom. The fraction of sp³-hybridized carbons (Fsp3) is 0.375. The summed E-state index contributed by atoms with van der Waals surface area (Å²) < 4.78 is 3.52. The Labute approximate surface area is 197 Å². The molecule has 0 radical (unpaired) electrons. The van der Waals surface area contributed by atoms with Crippen LogP contribution in [0.1, 0.15) is 57.3 Å². The fourth-order valence-corrected chi connectivity index (χ4v) is 4.36. The van der Waals surface area contributed by atoms with Crippen LogP contribution in [-0.2, 0) is 13.0 Å². The highest BCUT2D eigenvalue weighted by Crippen LogP contribution is 2.28. The van der Waals surface area contributed by atoms with Gasteiger partial charge < -0.3 is 0 Å². The second kappa shape index (κ2) is 10.1. The van der Waals surface area contributed by atoms with E-state index >= 15 is 0 Å². The van der Waals surface area contributed by atoms with Gasteiger partial charge in [-0.05, 0) is 43.0 Å². The van der Waals surface area contributed by atoms with Gasteiger partial charge in [0, 0.05) is 23.4 Å². The van der Waals surface area contributed by atoms with Crippen LogP contribution in [0.5, 0.6) is 0 Å². The molecule has 0 saturated carbocycles. The summed E-state index contributed by atoms with van der Waals surface area (Å²) in [5.41, 5.74) is 4.34. The molecule has 0 aliphatic carbocycles. The van der Waals surface area contributed by atoms with Crippen molar-refractivity contribution >= 4 is 11.6 Å². The van der Waals surface area contributed by atoms with Crippen LogP contribution in [0.2, 0.25) is 5.15 Å². The zero-order valence-electron chi connectivity index (χ0n) is 19.1. The van der Waals surface area contributed by atoms with Crippen molar-refractivity contribution in [3.05, 3.63) is 69.5 Å². The highest BCUT2D eigenvalue weighted by atomic mass is 35.5. The minimum Gasteiger partial charge on any atom is -0.290 e. The first kappa shape index (κ1) is 22.9. The molecule has 4 rings (SSSR count). The van der Waals surface area contributed by atoms with E-state index in [1.807, 2.05) is 49.5 Å². The molecule has 8 nitrogen and oxygen atoms in total. The maximum atomic E-state index is 13.2. The molecule has 0 spiro atoms. The van der Waals surface area contributed by atoms with Crippen molar-refractivity contribution in [3.63, 3.8) is 0 Å². The van der Waals surface area contributed by atoms with Gasteiger partial charge in [0.1, 0.15) is 5.15 Å². The van der Waals surface area contributed by atoms with Crippen LogP contribution < -0.4 is 5.69 Å². The number of halogens is 1. The summed E-state index contributed by atoms with van der Waals surface area (Å²) in [6.07, 6.45) is 5.44. The molecule has 1 unspecified atom stereocenters. The lowest BCUT2D eigenvalue weighted by molar-refractivity contribution is 0.505. The number of hydrogen-bond donors (Lipinski definition) is 1.